The Morgan fingerprint density at radius 3 is 2.46 bits per heavy atom. The zero-order valence-electron chi connectivity index (χ0n) is 20.3. The van der Waals surface area contributed by atoms with Crippen LogP contribution in [0.4, 0.5) is 0 Å². The summed E-state index contributed by atoms with van der Waals surface area (Å²) in [5.74, 6) is 2.42. The van der Waals surface area contributed by atoms with Crippen LogP contribution in [-0.4, -0.2) is 41.0 Å². The van der Waals surface area contributed by atoms with E-state index in [4.69, 9.17) is 13.9 Å². The molecule has 3 aromatic rings. The second-order valence-electron chi connectivity index (χ2n) is 8.75. The lowest BCUT2D eigenvalue weighted by atomic mass is 10.1. The molecule has 7 nitrogen and oxygen atoms in total. The predicted octanol–water partition coefficient (Wildman–Crippen LogP) is 4.80. The third kappa shape index (κ3) is 6.32. The monoisotopic (exact) mass is 474 g/mol. The van der Waals surface area contributed by atoms with Gasteiger partial charge in [0.1, 0.15) is 18.1 Å². The molecule has 1 aromatic heterocycles. The quantitative estimate of drug-likeness (QED) is 0.417. The molecule has 0 radical (unpaired) electrons. The highest BCUT2D eigenvalue weighted by molar-refractivity contribution is 5.94. The van der Waals surface area contributed by atoms with Gasteiger partial charge in [0.2, 0.25) is 18.6 Å². The van der Waals surface area contributed by atoms with E-state index in [0.717, 1.165) is 16.9 Å². The summed E-state index contributed by atoms with van der Waals surface area (Å²) in [4.78, 5) is 29.7. The number of rotatable bonds is 9. The van der Waals surface area contributed by atoms with Crippen LogP contribution in [0.5, 0.6) is 11.5 Å². The molecule has 0 bridgehead atoms. The molecule has 0 saturated carbocycles. The first kappa shape index (κ1) is 24.1. The van der Waals surface area contributed by atoms with Gasteiger partial charge in [-0.05, 0) is 62.2 Å². The Hall–Kier alpha value is -4.00. The van der Waals surface area contributed by atoms with E-state index in [0.29, 0.717) is 30.3 Å². The van der Waals surface area contributed by atoms with Crippen molar-refractivity contribution < 1.29 is 23.5 Å². The Kier molecular flexibility index (Phi) is 7.55. The maximum absolute atomic E-state index is 13.5. The summed E-state index contributed by atoms with van der Waals surface area (Å²) in [6.07, 6.45) is 3.28. The number of fused-ring (bicyclic) bond motifs is 1. The lowest BCUT2D eigenvalue weighted by Crippen LogP contribution is -2.45. The lowest BCUT2D eigenvalue weighted by Gasteiger charge is -2.29. The van der Waals surface area contributed by atoms with Crippen molar-refractivity contribution in [2.45, 2.75) is 39.9 Å². The number of ether oxygens (including phenoxy) is 2. The zero-order chi connectivity index (χ0) is 24.8. The Morgan fingerprint density at radius 1 is 0.971 bits per heavy atom. The Labute approximate surface area is 205 Å². The van der Waals surface area contributed by atoms with Crippen molar-refractivity contribution in [2.24, 2.45) is 0 Å². The Morgan fingerprint density at radius 2 is 1.74 bits per heavy atom. The molecule has 2 amide bonds. The average Bonchev–Trinajstić information content (AvgIpc) is 3.49. The highest BCUT2D eigenvalue weighted by Gasteiger charge is 2.24. The molecule has 35 heavy (non-hydrogen) atoms. The molecule has 182 valence electrons. The van der Waals surface area contributed by atoms with Gasteiger partial charge < -0.3 is 23.7 Å². The SMILES string of the molecule is Cc1ccc(CN(Cc2ccc3c(c2)OCO3)C(=O)CN(C(=O)/C=C/c2ccccc2)C(C)C)o1. The number of benzene rings is 2. The first-order valence-electron chi connectivity index (χ1n) is 11.6. The molecule has 1 aliphatic rings. The van der Waals surface area contributed by atoms with Gasteiger partial charge in [0, 0.05) is 18.7 Å². The van der Waals surface area contributed by atoms with Gasteiger partial charge in [-0.2, -0.15) is 0 Å². The molecule has 1 aliphatic heterocycles. The van der Waals surface area contributed by atoms with Crippen LogP contribution in [0.2, 0.25) is 0 Å². The van der Waals surface area contributed by atoms with Gasteiger partial charge in [-0.3, -0.25) is 9.59 Å². The van der Waals surface area contributed by atoms with Crippen LogP contribution in [-0.2, 0) is 22.7 Å². The van der Waals surface area contributed by atoms with Gasteiger partial charge >= 0.3 is 0 Å². The van der Waals surface area contributed by atoms with E-state index in [1.807, 2.05) is 81.4 Å². The van der Waals surface area contributed by atoms with E-state index >= 15 is 0 Å². The second-order valence-corrected chi connectivity index (χ2v) is 8.75. The fraction of sp³-hybridized carbons (Fsp3) is 0.286. The van der Waals surface area contributed by atoms with E-state index in [2.05, 4.69) is 0 Å². The number of amides is 2. The molecule has 2 heterocycles. The van der Waals surface area contributed by atoms with Crippen molar-refractivity contribution in [1.82, 2.24) is 9.80 Å². The van der Waals surface area contributed by atoms with Gasteiger partial charge in [0.15, 0.2) is 11.5 Å². The van der Waals surface area contributed by atoms with Crippen LogP contribution < -0.4 is 9.47 Å². The maximum atomic E-state index is 13.5. The predicted molar refractivity (Wildman–Crippen MR) is 133 cm³/mol. The number of hydrogen-bond donors (Lipinski definition) is 0. The summed E-state index contributed by atoms with van der Waals surface area (Å²) >= 11 is 0. The number of aryl methyl sites for hydroxylation is 1. The van der Waals surface area contributed by atoms with Crippen LogP contribution in [0.15, 0.2) is 71.2 Å². The maximum Gasteiger partial charge on any atom is 0.247 e. The van der Waals surface area contributed by atoms with Crippen molar-refractivity contribution in [2.75, 3.05) is 13.3 Å². The average molecular weight is 475 g/mol. The zero-order valence-corrected chi connectivity index (χ0v) is 20.3. The fourth-order valence-corrected chi connectivity index (χ4v) is 3.84. The highest BCUT2D eigenvalue weighted by Crippen LogP contribution is 2.33. The summed E-state index contributed by atoms with van der Waals surface area (Å²) in [5.41, 5.74) is 1.82. The van der Waals surface area contributed by atoms with Crippen molar-refractivity contribution in [1.29, 1.82) is 0 Å². The van der Waals surface area contributed by atoms with E-state index in [1.54, 1.807) is 15.9 Å². The molecule has 0 atom stereocenters. The molecule has 0 N–H and O–H groups in total. The topological polar surface area (TPSA) is 72.2 Å². The number of nitrogens with zero attached hydrogens (tertiary/aromatic N) is 2. The van der Waals surface area contributed by atoms with Crippen molar-refractivity contribution in [3.8, 4) is 11.5 Å². The number of furan rings is 1. The van der Waals surface area contributed by atoms with Crippen molar-refractivity contribution >= 4 is 17.9 Å². The van der Waals surface area contributed by atoms with E-state index in [1.165, 1.54) is 6.08 Å². The van der Waals surface area contributed by atoms with Crippen LogP contribution in [0.3, 0.4) is 0 Å². The molecule has 0 fully saturated rings. The summed E-state index contributed by atoms with van der Waals surface area (Å²) in [6, 6.07) is 18.8. The lowest BCUT2D eigenvalue weighted by molar-refractivity contribution is -0.140. The third-order valence-corrected chi connectivity index (χ3v) is 5.74. The minimum atomic E-state index is -0.214. The van der Waals surface area contributed by atoms with Gasteiger partial charge in [0.25, 0.3) is 0 Å². The minimum absolute atomic E-state index is 0.0418. The molecule has 0 spiro atoms. The van der Waals surface area contributed by atoms with Crippen LogP contribution in [0.1, 0.15) is 36.5 Å². The Balaban J connectivity index is 1.51. The first-order chi connectivity index (χ1) is 16.9. The summed E-state index contributed by atoms with van der Waals surface area (Å²) < 4.78 is 16.6. The summed E-state index contributed by atoms with van der Waals surface area (Å²) in [7, 11) is 0. The van der Waals surface area contributed by atoms with Gasteiger partial charge in [-0.1, -0.05) is 36.4 Å². The number of carbonyl (C=O) groups excluding carboxylic acids is 2. The van der Waals surface area contributed by atoms with Gasteiger partial charge in [-0.25, -0.2) is 0 Å². The highest BCUT2D eigenvalue weighted by atomic mass is 16.7. The summed E-state index contributed by atoms with van der Waals surface area (Å²) in [5, 5.41) is 0. The van der Waals surface area contributed by atoms with Crippen LogP contribution in [0, 0.1) is 6.92 Å². The molecular weight excluding hydrogens is 444 g/mol. The van der Waals surface area contributed by atoms with Crippen molar-refractivity contribution in [3.63, 3.8) is 0 Å². The largest absolute Gasteiger partial charge is 0.464 e. The number of hydrogen-bond acceptors (Lipinski definition) is 5. The molecular formula is C28H30N2O5. The van der Waals surface area contributed by atoms with E-state index < -0.39 is 0 Å². The molecule has 0 saturated heterocycles. The molecule has 0 unspecified atom stereocenters. The van der Waals surface area contributed by atoms with E-state index in [9.17, 15) is 9.59 Å². The summed E-state index contributed by atoms with van der Waals surface area (Å²) in [6.45, 7) is 6.45. The van der Waals surface area contributed by atoms with E-state index in [-0.39, 0.29) is 31.2 Å². The number of carbonyl (C=O) groups is 2. The molecule has 2 aromatic carbocycles. The van der Waals surface area contributed by atoms with Crippen molar-refractivity contribution in [3.05, 3.63) is 89.4 Å². The van der Waals surface area contributed by atoms with Crippen LogP contribution in [0.25, 0.3) is 6.08 Å². The van der Waals surface area contributed by atoms with Gasteiger partial charge in [-0.15, -0.1) is 0 Å². The third-order valence-electron chi connectivity index (χ3n) is 5.74. The standard InChI is InChI=1S/C28H30N2O5/c1-20(2)30(27(31)14-11-22-7-5-4-6-8-22)18-28(32)29(17-24-12-9-21(3)35-24)16-23-10-13-25-26(15-23)34-19-33-25/h4-15,20H,16-19H2,1-3H3/b14-11+. The normalized spacial score (nSPS) is 12.3. The molecule has 7 heteroatoms. The van der Waals surface area contributed by atoms with Crippen LogP contribution >= 0.6 is 0 Å². The second kappa shape index (κ2) is 11.0. The molecule has 0 aliphatic carbocycles. The Bertz CT molecular complexity index is 1200. The fourth-order valence-electron chi connectivity index (χ4n) is 3.84. The first-order valence-corrected chi connectivity index (χ1v) is 11.6. The minimum Gasteiger partial charge on any atom is -0.464 e. The van der Waals surface area contributed by atoms with Gasteiger partial charge in [0.05, 0.1) is 6.54 Å². The smallest absolute Gasteiger partial charge is 0.247 e. The molecule has 4 rings (SSSR count).